The molecule has 3 aliphatic rings. The molecular weight excluding hydrogens is 589 g/mol. The lowest BCUT2D eigenvalue weighted by Gasteiger charge is -2.33. The van der Waals surface area contributed by atoms with Crippen LogP contribution in [0.15, 0.2) is 98.4 Å². The lowest BCUT2D eigenvalue weighted by atomic mass is 9.75. The average Bonchev–Trinajstić information content (AvgIpc) is 3.19. The van der Waals surface area contributed by atoms with Gasteiger partial charge in [0.1, 0.15) is 11.5 Å². The molecule has 0 N–H and O–H groups in total. The lowest BCUT2D eigenvalue weighted by molar-refractivity contribution is -0.244. The van der Waals surface area contributed by atoms with E-state index in [2.05, 4.69) is 83.1 Å². The molecule has 2 heterocycles. The Morgan fingerprint density at radius 2 is 1.22 bits per heavy atom. The van der Waals surface area contributed by atoms with Gasteiger partial charge in [-0.2, -0.15) is 0 Å². The summed E-state index contributed by atoms with van der Waals surface area (Å²) in [6, 6.07) is 11.1. The number of carbonyl (C=O) groups excluding carboxylic acids is 1. The van der Waals surface area contributed by atoms with Gasteiger partial charge in [0, 0.05) is 50.8 Å². The van der Waals surface area contributed by atoms with Crippen molar-refractivity contribution in [1.29, 1.82) is 0 Å². The first-order valence-corrected chi connectivity index (χ1v) is 16.4. The number of rotatable bonds is 3. The highest BCUT2D eigenvalue weighted by molar-refractivity contribution is 7.81. The van der Waals surface area contributed by atoms with E-state index in [-0.39, 0.29) is 38.8 Å². The maximum Gasteiger partial charge on any atom is 0.335 e. The standard InChI is InChI=1S/C41H46O4S/c1-38(2,3)29-19-23(20-30(44-29)39(4,5)6)17-27-33(34-35(42)25-15-13-14-16-26(25)36(34)43)28(37(27)46)18-24-21-31(40(7,8)9)45-32(22-24)41(10,11)12/h13-22H,1-12H3. The molecule has 0 bridgehead atoms. The number of Topliss-reactive ketones (excluding diaryl/α,β-unsaturated/α-hetero) is 1. The summed E-state index contributed by atoms with van der Waals surface area (Å²) in [5.74, 6) is 2.86. The summed E-state index contributed by atoms with van der Waals surface area (Å²) >= 11 is 6.09. The third-order valence-electron chi connectivity index (χ3n) is 8.36. The molecule has 46 heavy (non-hydrogen) atoms. The fourth-order valence-corrected chi connectivity index (χ4v) is 5.82. The van der Waals surface area contributed by atoms with Crippen LogP contribution >= 0.6 is 12.2 Å². The van der Waals surface area contributed by atoms with Crippen molar-refractivity contribution in [3.05, 3.63) is 122 Å². The number of hydrogen-bond donors (Lipinski definition) is 0. The summed E-state index contributed by atoms with van der Waals surface area (Å²) in [4.78, 5) is 14.5. The fourth-order valence-electron chi connectivity index (χ4n) is 5.50. The Morgan fingerprint density at radius 1 is 0.717 bits per heavy atom. The second kappa shape index (κ2) is 11.2. The van der Waals surface area contributed by atoms with Gasteiger partial charge >= 0.3 is 11.5 Å². The zero-order valence-electron chi connectivity index (χ0n) is 29.3. The number of benzene rings is 1. The van der Waals surface area contributed by atoms with E-state index in [1.165, 1.54) is 0 Å². The van der Waals surface area contributed by atoms with Gasteiger partial charge in [-0.15, -0.1) is 0 Å². The van der Waals surface area contributed by atoms with Crippen molar-refractivity contribution < 1.29 is 19.1 Å². The minimum Gasteiger partial charge on any atom is -0.872 e. The van der Waals surface area contributed by atoms with Gasteiger partial charge in [0.05, 0.1) is 15.7 Å². The van der Waals surface area contributed by atoms with Crippen molar-refractivity contribution in [3.8, 4) is 0 Å². The van der Waals surface area contributed by atoms with E-state index in [0.717, 1.165) is 34.2 Å². The topological polar surface area (TPSA) is 60.7 Å². The quantitative estimate of drug-likeness (QED) is 0.191. The molecule has 240 valence electrons. The van der Waals surface area contributed by atoms with Crippen LogP contribution in [-0.4, -0.2) is 10.6 Å². The molecule has 0 radical (unpaired) electrons. The predicted molar refractivity (Wildman–Crippen MR) is 190 cm³/mol. The predicted octanol–water partition coefficient (Wildman–Crippen LogP) is 10.0. The van der Waals surface area contributed by atoms with Crippen LogP contribution in [-0.2, 0) is 15.6 Å². The summed E-state index contributed by atoms with van der Waals surface area (Å²) in [5.41, 5.74) is 3.97. The summed E-state index contributed by atoms with van der Waals surface area (Å²) in [6.07, 6.45) is 8.08. The van der Waals surface area contributed by atoms with Gasteiger partial charge in [-0.1, -0.05) is 83.8 Å². The molecule has 1 aromatic carbocycles. The van der Waals surface area contributed by atoms with Gasteiger partial charge in [-0.05, 0) is 82.5 Å². The maximum absolute atomic E-state index is 13.9. The second-order valence-corrected chi connectivity index (χ2v) is 17.0. The summed E-state index contributed by atoms with van der Waals surface area (Å²) in [5, 5.41) is 13.9. The Kier molecular flexibility index (Phi) is 8.13. The number of fused-ring (bicyclic) bond motifs is 1. The van der Waals surface area contributed by atoms with Crippen LogP contribution in [0.5, 0.6) is 0 Å². The van der Waals surface area contributed by atoms with Gasteiger partial charge in [0.2, 0.25) is 0 Å². The molecule has 2 aliphatic carbocycles. The number of thiocarbonyl (C=S) groups is 1. The fraction of sp³-hybridized carbons (Fsp3) is 0.390. The van der Waals surface area contributed by atoms with Crippen LogP contribution in [0.3, 0.4) is 0 Å². The molecule has 4 nitrogen and oxygen atoms in total. The first kappa shape index (κ1) is 33.5. The first-order chi connectivity index (χ1) is 21.1. The zero-order valence-corrected chi connectivity index (χ0v) is 30.1. The minimum absolute atomic E-state index is 0.174. The summed E-state index contributed by atoms with van der Waals surface area (Å²) < 4.78 is 12.8. The number of carbonyl (C=O) groups is 1. The van der Waals surface area contributed by atoms with Crippen LogP contribution in [0, 0.1) is 10.8 Å². The van der Waals surface area contributed by atoms with E-state index >= 15 is 0 Å². The van der Waals surface area contributed by atoms with Crippen LogP contribution in [0.1, 0.15) is 116 Å². The third kappa shape index (κ3) is 6.27. The van der Waals surface area contributed by atoms with Crippen LogP contribution < -0.4 is 5.11 Å². The van der Waals surface area contributed by atoms with Gasteiger partial charge in [-0.25, -0.2) is 4.42 Å². The minimum atomic E-state index is -0.266. The summed E-state index contributed by atoms with van der Waals surface area (Å²) in [6.45, 7) is 25.4. The second-order valence-electron chi connectivity index (χ2n) is 16.6. The van der Waals surface area contributed by atoms with E-state index < -0.39 is 0 Å². The highest BCUT2D eigenvalue weighted by Crippen LogP contribution is 2.47. The molecule has 0 saturated carbocycles. The number of hydrogen-bond acceptors (Lipinski definition) is 4. The van der Waals surface area contributed by atoms with Crippen molar-refractivity contribution >= 4 is 34.7 Å². The molecule has 1 aromatic heterocycles. The monoisotopic (exact) mass is 634 g/mol. The molecule has 0 amide bonds. The SMILES string of the molecule is CC(C)(C)C1=CC(=CC2=C(C3=C([O-])c4ccccc4C3=O)/C(=C/c3cc(C(C)(C)C)[o+]c(C(C)(C)C)c3)C2=S)C=C(C(C)(C)C)O1. The van der Waals surface area contributed by atoms with Gasteiger partial charge in [0.25, 0.3) is 0 Å². The van der Waals surface area contributed by atoms with E-state index in [0.29, 0.717) is 32.7 Å². The largest absolute Gasteiger partial charge is 0.872 e. The van der Waals surface area contributed by atoms with Gasteiger partial charge in [0.15, 0.2) is 5.78 Å². The maximum atomic E-state index is 13.9. The number of allylic oxidation sites excluding steroid dienone is 10. The number of ether oxygens (including phenoxy) is 1. The molecule has 0 spiro atoms. The Morgan fingerprint density at radius 3 is 1.67 bits per heavy atom. The highest BCUT2D eigenvalue weighted by Gasteiger charge is 2.39. The van der Waals surface area contributed by atoms with Crippen LogP contribution in [0.4, 0.5) is 0 Å². The number of ketones is 1. The molecule has 0 saturated heterocycles. The van der Waals surface area contributed by atoms with Gasteiger partial charge < -0.3 is 9.84 Å². The Bertz CT molecular complexity index is 1800. The molecule has 0 unspecified atom stereocenters. The van der Waals surface area contributed by atoms with Crippen molar-refractivity contribution in [1.82, 2.24) is 0 Å². The lowest BCUT2D eigenvalue weighted by Crippen LogP contribution is -2.25. The van der Waals surface area contributed by atoms with Crippen molar-refractivity contribution in [2.75, 3.05) is 0 Å². The molecule has 2 aromatic rings. The molecule has 5 rings (SSSR count). The van der Waals surface area contributed by atoms with Crippen molar-refractivity contribution in [2.24, 2.45) is 10.8 Å². The van der Waals surface area contributed by atoms with Crippen molar-refractivity contribution in [3.63, 3.8) is 0 Å². The Hall–Kier alpha value is -3.83. The molecule has 0 atom stereocenters. The van der Waals surface area contributed by atoms with Gasteiger partial charge in [-0.3, -0.25) is 4.79 Å². The van der Waals surface area contributed by atoms with E-state index in [9.17, 15) is 9.90 Å². The Labute approximate surface area is 280 Å². The molecule has 0 fully saturated rings. The first-order valence-electron chi connectivity index (χ1n) is 16.0. The van der Waals surface area contributed by atoms with Crippen LogP contribution in [0.25, 0.3) is 11.8 Å². The van der Waals surface area contributed by atoms with E-state index in [1.54, 1.807) is 24.3 Å². The molecular formula is C41H46O4S. The Balaban J connectivity index is 1.77. The van der Waals surface area contributed by atoms with Crippen molar-refractivity contribution in [2.45, 2.75) is 93.9 Å². The zero-order chi connectivity index (χ0) is 34.1. The third-order valence-corrected chi connectivity index (χ3v) is 8.80. The van der Waals surface area contributed by atoms with E-state index in [1.807, 2.05) is 36.4 Å². The van der Waals surface area contributed by atoms with E-state index in [4.69, 9.17) is 21.4 Å². The molecule has 1 aliphatic heterocycles. The average molecular weight is 635 g/mol. The normalized spacial score (nSPS) is 18.4. The summed E-state index contributed by atoms with van der Waals surface area (Å²) in [7, 11) is 0. The molecule has 5 heteroatoms. The van der Waals surface area contributed by atoms with Crippen LogP contribution in [0.2, 0.25) is 0 Å². The highest BCUT2D eigenvalue weighted by atomic mass is 32.1. The smallest absolute Gasteiger partial charge is 0.335 e.